The highest BCUT2D eigenvalue weighted by Gasteiger charge is 2.23. The molecule has 7 nitrogen and oxygen atoms in total. The van der Waals surface area contributed by atoms with E-state index in [1.807, 2.05) is 12.3 Å². The standard InChI is InChI=1S/C15H25N5O2S/c1-3-22-15(21)20-7-4-12(5-8-20)19-14(16)18-10-11(2)13-17-6-9-23-13/h6,9,11-12H,3-5,7-8,10H2,1-2H3,(H3,16,18,19). The van der Waals surface area contributed by atoms with Crippen LogP contribution in [0.25, 0.3) is 0 Å². The second-order valence-electron chi connectivity index (χ2n) is 5.60. The zero-order valence-corrected chi connectivity index (χ0v) is 14.5. The third-order valence-corrected chi connectivity index (χ3v) is 4.79. The molecule has 1 atom stereocenters. The van der Waals surface area contributed by atoms with Crippen molar-refractivity contribution in [2.75, 3.05) is 26.2 Å². The van der Waals surface area contributed by atoms with Gasteiger partial charge in [-0.05, 0) is 19.8 Å². The number of ether oxygens (including phenoxy) is 1. The maximum atomic E-state index is 11.6. The molecule has 0 bridgehead atoms. The molecule has 23 heavy (non-hydrogen) atoms. The van der Waals surface area contributed by atoms with Crippen molar-refractivity contribution in [1.29, 1.82) is 0 Å². The lowest BCUT2D eigenvalue weighted by Gasteiger charge is -2.31. The van der Waals surface area contributed by atoms with Crippen molar-refractivity contribution in [2.24, 2.45) is 10.7 Å². The number of piperidine rings is 1. The van der Waals surface area contributed by atoms with E-state index in [0.717, 1.165) is 17.8 Å². The van der Waals surface area contributed by atoms with Gasteiger partial charge in [-0.1, -0.05) is 6.92 Å². The average molecular weight is 339 g/mol. The lowest BCUT2D eigenvalue weighted by atomic mass is 10.1. The number of guanidine groups is 1. The number of aliphatic imine (C=N–C) groups is 1. The first kappa shape index (κ1) is 17.5. The average Bonchev–Trinajstić information content (AvgIpc) is 3.08. The highest BCUT2D eigenvalue weighted by Crippen LogP contribution is 2.17. The van der Waals surface area contributed by atoms with Crippen LogP contribution in [0.3, 0.4) is 0 Å². The van der Waals surface area contributed by atoms with Crippen LogP contribution >= 0.6 is 11.3 Å². The molecule has 0 saturated carbocycles. The minimum absolute atomic E-state index is 0.232. The van der Waals surface area contributed by atoms with E-state index in [1.54, 1.807) is 22.4 Å². The lowest BCUT2D eigenvalue weighted by Crippen LogP contribution is -2.48. The van der Waals surface area contributed by atoms with Crippen LogP contribution < -0.4 is 11.1 Å². The molecule has 1 aliphatic heterocycles. The van der Waals surface area contributed by atoms with E-state index < -0.39 is 0 Å². The maximum Gasteiger partial charge on any atom is 0.409 e. The predicted octanol–water partition coefficient (Wildman–Crippen LogP) is 1.77. The van der Waals surface area contributed by atoms with Gasteiger partial charge in [-0.2, -0.15) is 0 Å². The van der Waals surface area contributed by atoms with Crippen LogP contribution in [0.2, 0.25) is 0 Å². The lowest BCUT2D eigenvalue weighted by molar-refractivity contribution is 0.0963. The fraction of sp³-hybridized carbons (Fsp3) is 0.667. The summed E-state index contributed by atoms with van der Waals surface area (Å²) in [7, 11) is 0. The molecule has 128 valence electrons. The maximum absolute atomic E-state index is 11.6. The van der Waals surface area contributed by atoms with Crippen molar-refractivity contribution in [3.63, 3.8) is 0 Å². The number of hydrogen-bond donors (Lipinski definition) is 2. The zero-order valence-electron chi connectivity index (χ0n) is 13.7. The van der Waals surface area contributed by atoms with Crippen LogP contribution in [0.5, 0.6) is 0 Å². The van der Waals surface area contributed by atoms with Crippen molar-refractivity contribution in [1.82, 2.24) is 15.2 Å². The van der Waals surface area contributed by atoms with Gasteiger partial charge in [-0.15, -0.1) is 11.3 Å². The van der Waals surface area contributed by atoms with Gasteiger partial charge in [0.15, 0.2) is 5.96 Å². The number of nitrogens with one attached hydrogen (secondary N) is 1. The number of likely N-dealkylation sites (tertiary alicyclic amines) is 1. The summed E-state index contributed by atoms with van der Waals surface area (Å²) in [6, 6.07) is 0.250. The minimum Gasteiger partial charge on any atom is -0.450 e. The Morgan fingerprint density at radius 3 is 2.96 bits per heavy atom. The largest absolute Gasteiger partial charge is 0.450 e. The summed E-state index contributed by atoms with van der Waals surface area (Å²) in [5, 5.41) is 6.28. The SMILES string of the molecule is CCOC(=O)N1CCC(NC(N)=NCC(C)c2nccs2)CC1. The molecule has 1 aromatic heterocycles. The van der Waals surface area contributed by atoms with Crippen LogP contribution in [-0.2, 0) is 4.74 Å². The smallest absolute Gasteiger partial charge is 0.409 e. The third kappa shape index (κ3) is 5.38. The number of carbonyl (C=O) groups is 1. The third-order valence-electron chi connectivity index (χ3n) is 3.78. The summed E-state index contributed by atoms with van der Waals surface area (Å²) in [6.45, 7) is 6.30. The van der Waals surface area contributed by atoms with Crippen molar-refractivity contribution < 1.29 is 9.53 Å². The molecule has 1 aromatic rings. The summed E-state index contributed by atoms with van der Waals surface area (Å²) in [4.78, 5) is 22.1. The van der Waals surface area contributed by atoms with Gasteiger partial charge in [0.05, 0.1) is 18.2 Å². The fourth-order valence-corrected chi connectivity index (χ4v) is 3.16. The first-order valence-electron chi connectivity index (χ1n) is 7.97. The van der Waals surface area contributed by atoms with E-state index >= 15 is 0 Å². The topological polar surface area (TPSA) is 92.8 Å². The molecule has 2 rings (SSSR count). The molecule has 1 aliphatic rings. The van der Waals surface area contributed by atoms with Crippen molar-refractivity contribution in [3.8, 4) is 0 Å². The van der Waals surface area contributed by atoms with E-state index in [2.05, 4.69) is 22.2 Å². The molecule has 8 heteroatoms. The van der Waals surface area contributed by atoms with E-state index in [4.69, 9.17) is 10.5 Å². The molecule has 1 unspecified atom stereocenters. The first-order valence-corrected chi connectivity index (χ1v) is 8.85. The van der Waals surface area contributed by atoms with Crippen LogP contribution in [0.4, 0.5) is 4.79 Å². The molecule has 0 aliphatic carbocycles. The molecule has 0 aromatic carbocycles. The number of amides is 1. The van der Waals surface area contributed by atoms with Crippen LogP contribution in [-0.4, -0.2) is 54.2 Å². The predicted molar refractivity (Wildman–Crippen MR) is 91.8 cm³/mol. The zero-order chi connectivity index (χ0) is 16.7. The number of thiazole rings is 1. The van der Waals surface area contributed by atoms with Gasteiger partial charge in [0.2, 0.25) is 0 Å². The molecule has 0 radical (unpaired) electrons. The summed E-state index contributed by atoms with van der Waals surface area (Å²) in [6.07, 6.45) is 3.26. The van der Waals surface area contributed by atoms with Gasteiger partial charge < -0.3 is 20.7 Å². The Bertz CT molecular complexity index is 512. The summed E-state index contributed by atoms with van der Waals surface area (Å²) in [5.74, 6) is 0.726. The molecule has 1 fully saturated rings. The molecule has 3 N–H and O–H groups in total. The van der Waals surface area contributed by atoms with E-state index in [9.17, 15) is 4.79 Å². The van der Waals surface area contributed by atoms with Gasteiger partial charge in [0.25, 0.3) is 0 Å². The number of carbonyl (C=O) groups excluding carboxylic acids is 1. The van der Waals surface area contributed by atoms with Gasteiger partial charge in [-0.3, -0.25) is 4.99 Å². The number of aromatic nitrogens is 1. The van der Waals surface area contributed by atoms with Gasteiger partial charge in [-0.25, -0.2) is 9.78 Å². The van der Waals surface area contributed by atoms with E-state index in [0.29, 0.717) is 32.2 Å². The van der Waals surface area contributed by atoms with Crippen molar-refractivity contribution >= 4 is 23.4 Å². The second kappa shape index (κ2) is 8.71. The highest BCUT2D eigenvalue weighted by atomic mass is 32.1. The van der Waals surface area contributed by atoms with Crippen LogP contribution in [0.15, 0.2) is 16.6 Å². The molecule has 0 spiro atoms. The number of nitrogens with two attached hydrogens (primary N) is 1. The Morgan fingerprint density at radius 2 is 2.35 bits per heavy atom. The molecule has 1 amide bonds. The Kier molecular flexibility index (Phi) is 6.64. The number of nitrogens with zero attached hydrogens (tertiary/aromatic N) is 3. The number of hydrogen-bond acceptors (Lipinski definition) is 5. The van der Waals surface area contributed by atoms with E-state index in [-0.39, 0.29) is 18.1 Å². The Labute approximate surface area is 140 Å². The molecule has 1 saturated heterocycles. The molecule has 2 heterocycles. The van der Waals surface area contributed by atoms with Crippen LogP contribution in [0, 0.1) is 0 Å². The second-order valence-corrected chi connectivity index (χ2v) is 6.53. The molecular weight excluding hydrogens is 314 g/mol. The van der Waals surface area contributed by atoms with Gasteiger partial charge in [0, 0.05) is 36.6 Å². The quantitative estimate of drug-likeness (QED) is 0.630. The van der Waals surface area contributed by atoms with Gasteiger partial charge in [0.1, 0.15) is 0 Å². The van der Waals surface area contributed by atoms with E-state index in [1.165, 1.54) is 0 Å². The number of rotatable bonds is 5. The summed E-state index contributed by atoms with van der Waals surface area (Å²) in [5.41, 5.74) is 5.97. The van der Waals surface area contributed by atoms with Crippen molar-refractivity contribution in [2.45, 2.75) is 38.6 Å². The van der Waals surface area contributed by atoms with Crippen LogP contribution in [0.1, 0.15) is 37.6 Å². The highest BCUT2D eigenvalue weighted by molar-refractivity contribution is 7.09. The summed E-state index contributed by atoms with van der Waals surface area (Å²) >= 11 is 1.63. The van der Waals surface area contributed by atoms with Crippen molar-refractivity contribution in [3.05, 3.63) is 16.6 Å². The minimum atomic E-state index is -0.232. The first-order chi connectivity index (χ1) is 11.1. The molecular formula is C15H25N5O2S. The summed E-state index contributed by atoms with van der Waals surface area (Å²) < 4.78 is 5.01. The Morgan fingerprint density at radius 1 is 1.61 bits per heavy atom. The Balaban J connectivity index is 1.73. The Hall–Kier alpha value is -1.83. The normalized spacial score (nSPS) is 17.8. The monoisotopic (exact) mass is 339 g/mol. The van der Waals surface area contributed by atoms with Gasteiger partial charge >= 0.3 is 6.09 Å². The fourth-order valence-electron chi connectivity index (χ4n) is 2.47.